The van der Waals surface area contributed by atoms with Crippen molar-refractivity contribution < 1.29 is 14.6 Å². The number of phenolic OH excluding ortho intramolecular Hbond substituents is 1. The number of ether oxygens (including phenoxy) is 1. The molecule has 0 unspecified atom stereocenters. The van der Waals surface area contributed by atoms with Gasteiger partial charge in [0, 0.05) is 16.8 Å². The normalized spacial score (nSPS) is 11.7. The van der Waals surface area contributed by atoms with Crippen LogP contribution < -0.4 is 10.2 Å². The van der Waals surface area contributed by atoms with Gasteiger partial charge in [-0.15, -0.1) is 10.2 Å². The number of phenols is 1. The molecule has 1 amide bonds. The van der Waals surface area contributed by atoms with Gasteiger partial charge >= 0.3 is 0 Å². The number of fused-ring (bicyclic) bond motifs is 1. The average Bonchev–Trinajstić information content (AvgIpc) is 3.41. The van der Waals surface area contributed by atoms with Gasteiger partial charge in [0.05, 0.1) is 19.1 Å². The first-order valence-corrected chi connectivity index (χ1v) is 14.1. The minimum absolute atomic E-state index is 0.0331. The van der Waals surface area contributed by atoms with Crippen LogP contribution in [0.15, 0.2) is 95.2 Å². The summed E-state index contributed by atoms with van der Waals surface area (Å²) in [6, 6.07) is 27.0. The average molecular weight is 566 g/mol. The molecule has 0 bridgehead atoms. The van der Waals surface area contributed by atoms with E-state index in [9.17, 15) is 9.90 Å². The van der Waals surface area contributed by atoms with Crippen LogP contribution in [0, 0.1) is 0 Å². The summed E-state index contributed by atoms with van der Waals surface area (Å²) in [6.07, 6.45) is 1.46. The van der Waals surface area contributed by atoms with Crippen LogP contribution in [0.3, 0.4) is 0 Å². The van der Waals surface area contributed by atoms with Crippen molar-refractivity contribution in [1.82, 2.24) is 20.2 Å². The maximum Gasteiger partial charge on any atom is 0.250 e. The molecule has 8 nitrogen and oxygen atoms in total. The zero-order valence-electron chi connectivity index (χ0n) is 23.3. The zero-order valence-corrected chi connectivity index (χ0v) is 24.1. The number of nitrogens with one attached hydrogen (secondary N) is 1. The van der Waals surface area contributed by atoms with E-state index in [4.69, 9.17) is 4.74 Å². The third kappa shape index (κ3) is 6.25. The minimum Gasteiger partial charge on any atom is -0.507 e. The van der Waals surface area contributed by atoms with Crippen LogP contribution in [0.25, 0.3) is 27.8 Å². The first-order valence-electron chi connectivity index (χ1n) is 13.1. The van der Waals surface area contributed by atoms with E-state index >= 15 is 0 Å². The number of aromatic nitrogens is 3. The second kappa shape index (κ2) is 11.9. The largest absolute Gasteiger partial charge is 0.507 e. The second-order valence-electron chi connectivity index (χ2n) is 10.5. The molecule has 0 fully saturated rings. The lowest BCUT2D eigenvalue weighted by atomic mass is 9.87. The van der Waals surface area contributed by atoms with Crippen LogP contribution in [0.1, 0.15) is 31.9 Å². The van der Waals surface area contributed by atoms with Gasteiger partial charge in [-0.2, -0.15) is 5.10 Å². The van der Waals surface area contributed by atoms with Crippen LogP contribution in [0.5, 0.6) is 11.5 Å². The quantitative estimate of drug-likeness (QED) is 0.129. The van der Waals surface area contributed by atoms with Crippen LogP contribution in [0.4, 0.5) is 0 Å². The molecule has 1 heterocycles. The minimum atomic E-state index is -0.314. The second-order valence-corrected chi connectivity index (χ2v) is 11.4. The molecule has 9 heteroatoms. The van der Waals surface area contributed by atoms with Gasteiger partial charge in [-0.1, -0.05) is 87.1 Å². The van der Waals surface area contributed by atoms with E-state index in [1.165, 1.54) is 23.5 Å². The van der Waals surface area contributed by atoms with E-state index in [2.05, 4.69) is 53.6 Å². The molecule has 0 atom stereocenters. The lowest BCUT2D eigenvalue weighted by molar-refractivity contribution is -0.118. The standard InChI is InChI=1S/C32H31N5O3S/c1-32(2,3)23-12-9-22(10-13-23)30-35-36-31(37(30)24-14-16-25(40-4)17-15-24)41-20-29(39)34-33-19-27-26-8-6-5-7-21(26)11-18-28(27)38/h5-19,38H,20H2,1-4H3,(H,34,39)/b33-19-. The highest BCUT2D eigenvalue weighted by atomic mass is 32.2. The van der Waals surface area contributed by atoms with E-state index in [-0.39, 0.29) is 22.8 Å². The number of methoxy groups -OCH3 is 1. The molecule has 41 heavy (non-hydrogen) atoms. The number of carbonyl (C=O) groups excluding carboxylic acids is 1. The summed E-state index contributed by atoms with van der Waals surface area (Å²) < 4.78 is 7.26. The molecule has 0 aliphatic carbocycles. The number of hydrazone groups is 1. The highest BCUT2D eigenvalue weighted by Gasteiger charge is 2.19. The van der Waals surface area contributed by atoms with Crippen molar-refractivity contribution in [2.75, 3.05) is 12.9 Å². The molecule has 0 aliphatic heterocycles. The van der Waals surface area contributed by atoms with E-state index in [0.29, 0.717) is 16.5 Å². The molecule has 5 aromatic rings. The van der Waals surface area contributed by atoms with Gasteiger partial charge in [0.2, 0.25) is 0 Å². The molecule has 0 radical (unpaired) electrons. The zero-order chi connectivity index (χ0) is 29.0. The summed E-state index contributed by atoms with van der Waals surface area (Å²) in [5, 5.41) is 25.7. The smallest absolute Gasteiger partial charge is 0.250 e. The predicted octanol–water partition coefficient (Wildman–Crippen LogP) is 6.34. The van der Waals surface area contributed by atoms with Crippen molar-refractivity contribution in [2.45, 2.75) is 31.3 Å². The van der Waals surface area contributed by atoms with Crippen molar-refractivity contribution >= 4 is 34.7 Å². The van der Waals surface area contributed by atoms with Crippen LogP contribution in [-0.4, -0.2) is 44.9 Å². The topological polar surface area (TPSA) is 102 Å². The van der Waals surface area contributed by atoms with Crippen molar-refractivity contribution in [3.8, 4) is 28.6 Å². The summed E-state index contributed by atoms with van der Waals surface area (Å²) in [5.41, 5.74) is 6.11. The van der Waals surface area contributed by atoms with Gasteiger partial charge in [-0.05, 0) is 52.1 Å². The van der Waals surface area contributed by atoms with Crippen molar-refractivity contribution in [3.05, 3.63) is 96.1 Å². The van der Waals surface area contributed by atoms with Gasteiger partial charge < -0.3 is 9.84 Å². The Hall–Kier alpha value is -4.63. The highest BCUT2D eigenvalue weighted by molar-refractivity contribution is 7.99. The molecule has 0 saturated carbocycles. The number of hydrogen-bond donors (Lipinski definition) is 2. The third-order valence-corrected chi connectivity index (χ3v) is 7.56. The first-order chi connectivity index (χ1) is 19.7. The molecular formula is C32H31N5O3S. The number of amides is 1. The Bertz CT molecular complexity index is 1700. The summed E-state index contributed by atoms with van der Waals surface area (Å²) in [6.45, 7) is 6.53. The number of benzene rings is 4. The maximum atomic E-state index is 12.7. The molecule has 208 valence electrons. The van der Waals surface area contributed by atoms with E-state index in [0.717, 1.165) is 27.8 Å². The number of aromatic hydroxyl groups is 1. The predicted molar refractivity (Wildman–Crippen MR) is 164 cm³/mol. The number of hydrogen-bond acceptors (Lipinski definition) is 7. The Morgan fingerprint density at radius 2 is 1.73 bits per heavy atom. The van der Waals surface area contributed by atoms with Crippen molar-refractivity contribution in [1.29, 1.82) is 0 Å². The Balaban J connectivity index is 1.36. The molecule has 1 aromatic heterocycles. The molecular weight excluding hydrogens is 534 g/mol. The first kappa shape index (κ1) is 27.9. The lowest BCUT2D eigenvalue weighted by Crippen LogP contribution is -2.20. The molecule has 4 aromatic carbocycles. The van der Waals surface area contributed by atoms with Crippen LogP contribution in [-0.2, 0) is 10.2 Å². The summed E-state index contributed by atoms with van der Waals surface area (Å²) >= 11 is 1.26. The lowest BCUT2D eigenvalue weighted by Gasteiger charge is -2.19. The molecule has 2 N–H and O–H groups in total. The number of carbonyl (C=O) groups is 1. The molecule has 0 saturated heterocycles. The van der Waals surface area contributed by atoms with Gasteiger partial charge in [-0.3, -0.25) is 9.36 Å². The highest BCUT2D eigenvalue weighted by Crippen LogP contribution is 2.31. The maximum absolute atomic E-state index is 12.7. The van der Waals surface area contributed by atoms with Gasteiger partial charge in [0.1, 0.15) is 11.5 Å². The third-order valence-electron chi connectivity index (χ3n) is 6.64. The fourth-order valence-electron chi connectivity index (χ4n) is 4.38. The SMILES string of the molecule is COc1ccc(-n2c(SCC(=O)N/N=C\c3c(O)ccc4ccccc34)nnc2-c2ccc(C(C)(C)C)cc2)cc1. The summed E-state index contributed by atoms with van der Waals surface area (Å²) in [5.74, 6) is 1.25. The van der Waals surface area contributed by atoms with Crippen molar-refractivity contribution in [3.63, 3.8) is 0 Å². The Kier molecular flexibility index (Phi) is 8.07. The van der Waals surface area contributed by atoms with Gasteiger partial charge in [0.15, 0.2) is 11.0 Å². The van der Waals surface area contributed by atoms with Crippen LogP contribution >= 0.6 is 11.8 Å². The fraction of sp³-hybridized carbons (Fsp3) is 0.188. The Morgan fingerprint density at radius 1 is 1.00 bits per heavy atom. The number of rotatable bonds is 8. The van der Waals surface area contributed by atoms with E-state index in [1.54, 1.807) is 13.2 Å². The summed E-state index contributed by atoms with van der Waals surface area (Å²) in [4.78, 5) is 12.7. The molecule has 0 spiro atoms. The monoisotopic (exact) mass is 565 g/mol. The summed E-state index contributed by atoms with van der Waals surface area (Å²) in [7, 11) is 1.62. The van der Waals surface area contributed by atoms with Gasteiger partial charge in [-0.25, -0.2) is 5.43 Å². The molecule has 5 rings (SSSR count). The van der Waals surface area contributed by atoms with Crippen molar-refractivity contribution in [2.24, 2.45) is 5.10 Å². The number of thioether (sulfide) groups is 1. The fourth-order valence-corrected chi connectivity index (χ4v) is 5.13. The Morgan fingerprint density at radius 3 is 2.44 bits per heavy atom. The Labute approximate surface area is 243 Å². The molecule has 0 aliphatic rings. The van der Waals surface area contributed by atoms with E-state index in [1.807, 2.05) is 71.3 Å². The van der Waals surface area contributed by atoms with Crippen LogP contribution in [0.2, 0.25) is 0 Å². The van der Waals surface area contributed by atoms with E-state index < -0.39 is 0 Å². The van der Waals surface area contributed by atoms with Gasteiger partial charge in [0.25, 0.3) is 5.91 Å². The number of nitrogens with zero attached hydrogens (tertiary/aromatic N) is 4.